The Kier molecular flexibility index (Phi) is 4.35. The molecule has 2 aliphatic rings. The molecule has 3 aromatic rings. The third-order valence-electron chi connectivity index (χ3n) is 5.04. The number of benzene rings is 1. The average molecular weight is 400 g/mol. The summed E-state index contributed by atoms with van der Waals surface area (Å²) >= 11 is 3.59. The van der Waals surface area contributed by atoms with E-state index in [-0.39, 0.29) is 18.7 Å². The van der Waals surface area contributed by atoms with Gasteiger partial charge in [-0.3, -0.25) is 4.79 Å². The lowest BCUT2D eigenvalue weighted by Crippen LogP contribution is -3.14. The van der Waals surface area contributed by atoms with Crippen molar-refractivity contribution >= 4 is 34.3 Å². The van der Waals surface area contributed by atoms with Crippen molar-refractivity contribution in [2.24, 2.45) is 0 Å². The Balaban J connectivity index is 1.34. The van der Waals surface area contributed by atoms with E-state index < -0.39 is 0 Å². The molecule has 0 fully saturated rings. The van der Waals surface area contributed by atoms with E-state index in [1.807, 2.05) is 29.5 Å². The molecule has 0 radical (unpaired) electrons. The Labute approximate surface area is 165 Å². The maximum atomic E-state index is 12.7. The summed E-state index contributed by atoms with van der Waals surface area (Å²) in [5, 5.41) is 7.29. The topological polar surface area (TPSA) is 52.0 Å². The lowest BCUT2D eigenvalue weighted by Gasteiger charge is -2.31. The number of hydrogen-bond acceptors (Lipinski definition) is 5. The van der Waals surface area contributed by atoms with Crippen LogP contribution in [-0.4, -0.2) is 25.8 Å². The number of amides is 1. The molecule has 2 N–H and O–H groups in total. The first-order valence-corrected chi connectivity index (χ1v) is 10.7. The fourth-order valence-corrected chi connectivity index (χ4v) is 5.66. The number of hydrogen-bond donors (Lipinski definition) is 2. The number of carbonyl (C=O) groups is 1. The van der Waals surface area contributed by atoms with E-state index in [1.165, 1.54) is 20.2 Å². The normalized spacial score (nSPS) is 20.3. The quantitative estimate of drug-likeness (QED) is 0.709. The summed E-state index contributed by atoms with van der Waals surface area (Å²) in [6.45, 7) is 1.63. The molecule has 0 aliphatic carbocycles. The van der Waals surface area contributed by atoms with E-state index in [1.54, 1.807) is 11.3 Å². The van der Waals surface area contributed by atoms with Crippen LogP contribution in [-0.2, 0) is 11.2 Å². The second-order valence-corrected chi connectivity index (χ2v) is 8.68. The first-order valence-electron chi connectivity index (χ1n) is 8.91. The van der Waals surface area contributed by atoms with Crippen LogP contribution < -0.4 is 19.7 Å². The molecule has 4 heterocycles. The van der Waals surface area contributed by atoms with Crippen molar-refractivity contribution < 1.29 is 19.2 Å². The van der Waals surface area contributed by atoms with Crippen LogP contribution in [0.2, 0.25) is 0 Å². The summed E-state index contributed by atoms with van der Waals surface area (Å²) in [6, 6.07) is 12.2. The van der Waals surface area contributed by atoms with Crippen LogP contribution in [0.4, 0.5) is 5.69 Å². The zero-order valence-electron chi connectivity index (χ0n) is 14.6. The van der Waals surface area contributed by atoms with Gasteiger partial charge in [0.25, 0.3) is 5.91 Å². The number of rotatable bonds is 4. The SMILES string of the molecule is O=C(C[NH+]1CCc2sccc2[C@@H]1c1cccs1)Nc1ccc2c(c1)OCO2. The molecule has 0 saturated heterocycles. The minimum Gasteiger partial charge on any atom is -0.454 e. The highest BCUT2D eigenvalue weighted by Crippen LogP contribution is 2.34. The monoisotopic (exact) mass is 399 g/mol. The lowest BCUT2D eigenvalue weighted by atomic mass is 9.98. The zero-order chi connectivity index (χ0) is 18.2. The molecule has 0 spiro atoms. The minimum atomic E-state index is 0.0177. The molecule has 5 rings (SSSR count). The largest absolute Gasteiger partial charge is 0.454 e. The van der Waals surface area contributed by atoms with Gasteiger partial charge >= 0.3 is 0 Å². The Hall–Kier alpha value is -2.35. The second-order valence-electron chi connectivity index (χ2n) is 6.70. The molecule has 5 nitrogen and oxygen atoms in total. The molecular weight excluding hydrogens is 380 g/mol. The van der Waals surface area contributed by atoms with Crippen LogP contribution in [0.5, 0.6) is 11.5 Å². The molecule has 0 bridgehead atoms. The first kappa shape index (κ1) is 16.8. The highest BCUT2D eigenvalue weighted by Gasteiger charge is 2.35. The van der Waals surface area contributed by atoms with E-state index in [9.17, 15) is 4.79 Å². The van der Waals surface area contributed by atoms with Gasteiger partial charge in [-0.25, -0.2) is 0 Å². The third-order valence-corrected chi connectivity index (χ3v) is 6.98. The van der Waals surface area contributed by atoms with E-state index in [4.69, 9.17) is 9.47 Å². The number of thiophene rings is 2. The van der Waals surface area contributed by atoms with Gasteiger partial charge in [0.05, 0.1) is 11.4 Å². The number of ether oxygens (including phenoxy) is 2. The summed E-state index contributed by atoms with van der Waals surface area (Å²) in [7, 11) is 0. The summed E-state index contributed by atoms with van der Waals surface area (Å²) in [5.41, 5.74) is 2.11. The number of nitrogens with one attached hydrogen (secondary N) is 2. The van der Waals surface area contributed by atoms with Gasteiger partial charge in [0.1, 0.15) is 6.04 Å². The molecule has 138 valence electrons. The molecule has 1 amide bonds. The number of anilines is 1. The van der Waals surface area contributed by atoms with Crippen LogP contribution in [0.15, 0.2) is 47.2 Å². The Morgan fingerprint density at radius 3 is 2.96 bits per heavy atom. The average Bonchev–Trinajstić information content (AvgIpc) is 3.42. The van der Waals surface area contributed by atoms with Gasteiger partial charge in [-0.1, -0.05) is 6.07 Å². The summed E-state index contributed by atoms with van der Waals surface area (Å²) in [6.07, 6.45) is 1.03. The van der Waals surface area contributed by atoms with Crippen LogP contribution in [0.1, 0.15) is 21.4 Å². The molecule has 0 saturated carbocycles. The lowest BCUT2D eigenvalue weighted by molar-refractivity contribution is -0.919. The molecular formula is C20H19N2O3S2+. The number of fused-ring (bicyclic) bond motifs is 2. The summed E-state index contributed by atoms with van der Waals surface area (Å²) < 4.78 is 10.7. The van der Waals surface area contributed by atoms with E-state index in [0.717, 1.165) is 24.4 Å². The fourth-order valence-electron chi connectivity index (χ4n) is 3.84. The Morgan fingerprint density at radius 2 is 2.07 bits per heavy atom. The van der Waals surface area contributed by atoms with E-state index >= 15 is 0 Å². The number of carbonyl (C=O) groups excluding carboxylic acids is 1. The van der Waals surface area contributed by atoms with Crippen molar-refractivity contribution in [3.05, 3.63) is 62.5 Å². The van der Waals surface area contributed by atoms with Gasteiger partial charge in [0, 0.05) is 28.6 Å². The summed E-state index contributed by atoms with van der Waals surface area (Å²) in [4.78, 5) is 16.8. The van der Waals surface area contributed by atoms with Crippen LogP contribution in [0.25, 0.3) is 0 Å². The van der Waals surface area contributed by atoms with Crippen molar-refractivity contribution in [1.29, 1.82) is 0 Å². The fraction of sp³-hybridized carbons (Fsp3) is 0.250. The van der Waals surface area contributed by atoms with E-state index in [0.29, 0.717) is 12.3 Å². The first-order chi connectivity index (χ1) is 13.3. The highest BCUT2D eigenvalue weighted by molar-refractivity contribution is 7.10. The van der Waals surface area contributed by atoms with Gasteiger partial charge in [0.15, 0.2) is 18.0 Å². The molecule has 1 unspecified atom stereocenters. The molecule has 2 aromatic heterocycles. The summed E-state index contributed by atoms with van der Waals surface area (Å²) in [5.74, 6) is 1.42. The van der Waals surface area contributed by atoms with Crippen molar-refractivity contribution in [3.63, 3.8) is 0 Å². The zero-order valence-corrected chi connectivity index (χ0v) is 16.2. The van der Waals surface area contributed by atoms with Gasteiger partial charge in [-0.2, -0.15) is 0 Å². The molecule has 2 aliphatic heterocycles. The molecule has 2 atom stereocenters. The molecule has 27 heavy (non-hydrogen) atoms. The Bertz CT molecular complexity index is 968. The minimum absolute atomic E-state index is 0.0177. The van der Waals surface area contributed by atoms with Crippen LogP contribution in [0.3, 0.4) is 0 Å². The van der Waals surface area contributed by atoms with Crippen LogP contribution >= 0.6 is 22.7 Å². The van der Waals surface area contributed by atoms with Crippen LogP contribution in [0, 0.1) is 0 Å². The van der Waals surface area contributed by atoms with Gasteiger partial charge in [-0.15, -0.1) is 22.7 Å². The predicted octanol–water partition coefficient (Wildman–Crippen LogP) is 2.71. The van der Waals surface area contributed by atoms with Crippen molar-refractivity contribution in [2.75, 3.05) is 25.2 Å². The number of quaternary nitrogens is 1. The highest BCUT2D eigenvalue weighted by atomic mass is 32.1. The van der Waals surface area contributed by atoms with Crippen molar-refractivity contribution in [1.82, 2.24) is 0 Å². The van der Waals surface area contributed by atoms with Crippen molar-refractivity contribution in [3.8, 4) is 11.5 Å². The molecule has 1 aromatic carbocycles. The van der Waals surface area contributed by atoms with Gasteiger partial charge in [0.2, 0.25) is 6.79 Å². The van der Waals surface area contributed by atoms with Crippen molar-refractivity contribution in [2.45, 2.75) is 12.5 Å². The third kappa shape index (κ3) is 3.22. The van der Waals surface area contributed by atoms with Gasteiger partial charge < -0.3 is 19.7 Å². The molecule has 7 heteroatoms. The second kappa shape index (κ2) is 6.99. The predicted molar refractivity (Wildman–Crippen MR) is 106 cm³/mol. The standard InChI is InChI=1S/C20H18N2O3S2/c23-19(21-13-3-4-15-16(10-13)25-12-24-15)11-22-7-5-17-14(6-9-27-17)20(22)18-2-1-8-26-18/h1-4,6,8-10,20H,5,7,11-12H2,(H,21,23)/p+1/t20-/m1/s1. The maximum Gasteiger partial charge on any atom is 0.279 e. The van der Waals surface area contributed by atoms with E-state index in [2.05, 4.69) is 34.3 Å². The Morgan fingerprint density at radius 1 is 1.15 bits per heavy atom. The maximum absolute atomic E-state index is 12.7. The smallest absolute Gasteiger partial charge is 0.279 e. The van der Waals surface area contributed by atoms with Gasteiger partial charge in [-0.05, 0) is 35.0 Å².